The summed E-state index contributed by atoms with van der Waals surface area (Å²) in [6, 6.07) is 9.14. The van der Waals surface area contributed by atoms with Gasteiger partial charge in [0.1, 0.15) is 5.82 Å². The van der Waals surface area contributed by atoms with Gasteiger partial charge in [-0.3, -0.25) is 0 Å². The molecule has 2 nitrogen and oxygen atoms in total. The molecule has 0 aliphatic heterocycles. The molecular weight excluding hydrogens is 283 g/mol. The minimum Gasteiger partial charge on any atom is -0.320 e. The summed E-state index contributed by atoms with van der Waals surface area (Å²) in [7, 11) is 2.05. The fraction of sp³-hybridized carbons (Fsp3) is 0.294. The highest BCUT2D eigenvalue weighted by Gasteiger charge is 2.04. The summed E-state index contributed by atoms with van der Waals surface area (Å²) in [5.41, 5.74) is 6.96. The SMILES string of the molecule is CN(CCc1cccs1)Cc1cc(F)cc(C#CCN)c1. The molecule has 0 amide bonds. The molecule has 1 aromatic heterocycles. The molecule has 2 aromatic rings. The van der Waals surface area contributed by atoms with Crippen molar-refractivity contribution in [3.63, 3.8) is 0 Å². The van der Waals surface area contributed by atoms with Crippen LogP contribution in [-0.4, -0.2) is 25.0 Å². The van der Waals surface area contributed by atoms with Gasteiger partial charge in [0.05, 0.1) is 6.54 Å². The Labute approximate surface area is 129 Å². The highest BCUT2D eigenvalue weighted by atomic mass is 32.1. The Morgan fingerprint density at radius 1 is 1.33 bits per heavy atom. The van der Waals surface area contributed by atoms with Crippen molar-refractivity contribution in [1.82, 2.24) is 4.90 Å². The standard InChI is InChI=1S/C17H19FN2S/c1-20(8-6-17-5-3-9-21-17)13-15-10-14(4-2-7-19)11-16(18)12-15/h3,5,9-12H,6-8,13,19H2,1H3. The van der Waals surface area contributed by atoms with Gasteiger partial charge in [-0.05, 0) is 48.7 Å². The van der Waals surface area contributed by atoms with E-state index in [1.165, 1.54) is 10.9 Å². The molecule has 0 spiro atoms. The maximum atomic E-state index is 13.6. The quantitative estimate of drug-likeness (QED) is 0.861. The number of nitrogens with zero attached hydrogens (tertiary/aromatic N) is 1. The van der Waals surface area contributed by atoms with Crippen LogP contribution in [0.15, 0.2) is 35.7 Å². The van der Waals surface area contributed by atoms with E-state index in [9.17, 15) is 4.39 Å². The van der Waals surface area contributed by atoms with Crippen LogP contribution in [0.2, 0.25) is 0 Å². The molecule has 1 aromatic carbocycles. The van der Waals surface area contributed by atoms with Crippen LogP contribution in [0, 0.1) is 17.7 Å². The number of likely N-dealkylation sites (N-methyl/N-ethyl adjacent to an activating group) is 1. The summed E-state index contributed by atoms with van der Waals surface area (Å²) in [5, 5.41) is 2.09. The van der Waals surface area contributed by atoms with E-state index >= 15 is 0 Å². The average molecular weight is 302 g/mol. The number of thiophene rings is 1. The first-order chi connectivity index (χ1) is 10.2. The van der Waals surface area contributed by atoms with E-state index in [1.807, 2.05) is 13.1 Å². The maximum absolute atomic E-state index is 13.6. The topological polar surface area (TPSA) is 29.3 Å². The minimum absolute atomic E-state index is 0.250. The van der Waals surface area contributed by atoms with Crippen molar-refractivity contribution < 1.29 is 4.39 Å². The first-order valence-electron chi connectivity index (χ1n) is 6.86. The predicted molar refractivity (Wildman–Crippen MR) is 86.7 cm³/mol. The molecule has 0 aliphatic carbocycles. The molecule has 0 fully saturated rings. The molecule has 0 aliphatic rings. The zero-order chi connectivity index (χ0) is 15.1. The van der Waals surface area contributed by atoms with Gasteiger partial charge < -0.3 is 10.6 Å². The van der Waals surface area contributed by atoms with E-state index < -0.39 is 0 Å². The lowest BCUT2D eigenvalue weighted by Crippen LogP contribution is -2.20. The fourth-order valence-corrected chi connectivity index (χ4v) is 2.81. The molecule has 2 rings (SSSR count). The van der Waals surface area contributed by atoms with Crippen LogP contribution in [0.4, 0.5) is 4.39 Å². The summed E-state index contributed by atoms with van der Waals surface area (Å²) < 4.78 is 13.6. The van der Waals surface area contributed by atoms with Crippen LogP contribution in [0.5, 0.6) is 0 Å². The number of nitrogens with two attached hydrogens (primary N) is 1. The molecule has 0 saturated carbocycles. The van der Waals surface area contributed by atoms with Gasteiger partial charge in [-0.15, -0.1) is 11.3 Å². The van der Waals surface area contributed by atoms with Crippen molar-refractivity contribution >= 4 is 11.3 Å². The van der Waals surface area contributed by atoms with Crippen LogP contribution in [0.25, 0.3) is 0 Å². The highest BCUT2D eigenvalue weighted by molar-refractivity contribution is 7.09. The molecule has 0 radical (unpaired) electrons. The second-order valence-corrected chi connectivity index (χ2v) is 5.95. The minimum atomic E-state index is -0.250. The van der Waals surface area contributed by atoms with E-state index in [1.54, 1.807) is 17.4 Å². The molecule has 0 saturated heterocycles. The van der Waals surface area contributed by atoms with E-state index in [4.69, 9.17) is 5.73 Å². The van der Waals surface area contributed by atoms with E-state index in [0.717, 1.165) is 18.5 Å². The lowest BCUT2D eigenvalue weighted by Gasteiger charge is -2.16. The van der Waals surface area contributed by atoms with Crippen LogP contribution in [-0.2, 0) is 13.0 Å². The second-order valence-electron chi connectivity index (χ2n) is 4.92. The third kappa shape index (κ3) is 5.31. The van der Waals surface area contributed by atoms with Gasteiger partial charge in [-0.25, -0.2) is 4.39 Å². The zero-order valence-electron chi connectivity index (χ0n) is 12.1. The van der Waals surface area contributed by atoms with Crippen molar-refractivity contribution in [3.05, 3.63) is 57.5 Å². The third-order valence-corrected chi connectivity index (χ3v) is 4.00. The van der Waals surface area contributed by atoms with Crippen LogP contribution in [0.3, 0.4) is 0 Å². The van der Waals surface area contributed by atoms with Gasteiger partial charge in [0, 0.05) is 23.5 Å². The van der Waals surface area contributed by atoms with Crippen molar-refractivity contribution in [3.8, 4) is 11.8 Å². The van der Waals surface area contributed by atoms with Crippen molar-refractivity contribution in [2.45, 2.75) is 13.0 Å². The number of hydrogen-bond donors (Lipinski definition) is 1. The summed E-state index contributed by atoms with van der Waals surface area (Å²) >= 11 is 1.77. The fourth-order valence-electron chi connectivity index (χ4n) is 2.11. The zero-order valence-corrected chi connectivity index (χ0v) is 12.9. The summed E-state index contributed by atoms with van der Waals surface area (Å²) in [6.45, 7) is 1.94. The molecule has 4 heteroatoms. The van der Waals surface area contributed by atoms with E-state index in [0.29, 0.717) is 12.1 Å². The van der Waals surface area contributed by atoms with Crippen LogP contribution >= 0.6 is 11.3 Å². The van der Waals surface area contributed by atoms with Crippen LogP contribution < -0.4 is 5.73 Å². The maximum Gasteiger partial charge on any atom is 0.124 e. The van der Waals surface area contributed by atoms with Crippen molar-refractivity contribution in [2.24, 2.45) is 5.73 Å². The third-order valence-electron chi connectivity index (χ3n) is 3.06. The van der Waals surface area contributed by atoms with Gasteiger partial charge in [-0.1, -0.05) is 17.9 Å². The predicted octanol–water partition coefficient (Wildman–Crippen LogP) is 2.87. The first kappa shape index (κ1) is 15.7. The molecule has 0 bridgehead atoms. The number of halogens is 1. The second kappa shape index (κ2) is 7.94. The largest absolute Gasteiger partial charge is 0.320 e. The number of rotatable bonds is 5. The van der Waals surface area contributed by atoms with E-state index in [-0.39, 0.29) is 12.4 Å². The molecule has 0 atom stereocenters. The molecule has 2 N–H and O–H groups in total. The van der Waals surface area contributed by atoms with Gasteiger partial charge in [-0.2, -0.15) is 0 Å². The lowest BCUT2D eigenvalue weighted by atomic mass is 10.1. The lowest BCUT2D eigenvalue weighted by molar-refractivity contribution is 0.331. The smallest absolute Gasteiger partial charge is 0.124 e. The number of benzene rings is 1. The Morgan fingerprint density at radius 2 is 2.19 bits per heavy atom. The Bertz CT molecular complexity index is 626. The van der Waals surface area contributed by atoms with Gasteiger partial charge in [0.15, 0.2) is 0 Å². The molecule has 0 unspecified atom stereocenters. The molecule has 1 heterocycles. The molecule has 110 valence electrons. The Kier molecular flexibility index (Phi) is 5.94. The molecular formula is C17H19FN2S. The summed E-state index contributed by atoms with van der Waals surface area (Å²) in [5.74, 6) is 5.39. The first-order valence-corrected chi connectivity index (χ1v) is 7.74. The van der Waals surface area contributed by atoms with E-state index in [2.05, 4.69) is 34.3 Å². The average Bonchev–Trinajstić information content (AvgIpc) is 2.95. The Balaban J connectivity index is 1.96. The summed E-state index contributed by atoms with van der Waals surface area (Å²) in [4.78, 5) is 3.56. The van der Waals surface area contributed by atoms with Gasteiger partial charge >= 0.3 is 0 Å². The molecule has 21 heavy (non-hydrogen) atoms. The number of hydrogen-bond acceptors (Lipinski definition) is 3. The Morgan fingerprint density at radius 3 is 2.90 bits per heavy atom. The summed E-state index contributed by atoms with van der Waals surface area (Å²) in [6.07, 6.45) is 1.02. The Hall–Kier alpha value is -1.67. The van der Waals surface area contributed by atoms with Crippen LogP contribution in [0.1, 0.15) is 16.0 Å². The van der Waals surface area contributed by atoms with Gasteiger partial charge in [0.2, 0.25) is 0 Å². The van der Waals surface area contributed by atoms with Gasteiger partial charge in [0.25, 0.3) is 0 Å². The normalized spacial score (nSPS) is 10.5. The van der Waals surface area contributed by atoms with Crippen molar-refractivity contribution in [1.29, 1.82) is 0 Å². The monoisotopic (exact) mass is 302 g/mol. The highest BCUT2D eigenvalue weighted by Crippen LogP contribution is 2.13. The van der Waals surface area contributed by atoms with Crippen molar-refractivity contribution in [2.75, 3.05) is 20.1 Å².